The molecule has 0 bridgehead atoms. The summed E-state index contributed by atoms with van der Waals surface area (Å²) in [6.07, 6.45) is 0. The lowest BCUT2D eigenvalue weighted by molar-refractivity contribution is 0.473. The van der Waals surface area contributed by atoms with Gasteiger partial charge in [0, 0.05) is 11.6 Å². The normalized spacial score (nSPS) is 11.2. The van der Waals surface area contributed by atoms with Crippen molar-refractivity contribution >= 4 is 0 Å². The lowest BCUT2D eigenvalue weighted by atomic mass is 10.1. The molecular weight excluding hydrogens is 229 g/mol. The van der Waals surface area contributed by atoms with Gasteiger partial charge in [-0.25, -0.2) is 4.39 Å². The topological polar surface area (TPSA) is 25.2 Å². The number of benzene rings is 1. The number of hydrogen-bond donors (Lipinski definition) is 1. The monoisotopic (exact) mass is 247 g/mol. The van der Waals surface area contributed by atoms with E-state index in [0.29, 0.717) is 12.6 Å². The zero-order valence-corrected chi connectivity index (χ0v) is 11.0. The van der Waals surface area contributed by atoms with Gasteiger partial charge in [0.2, 0.25) is 0 Å². The second-order valence-electron chi connectivity index (χ2n) is 4.76. The van der Waals surface area contributed by atoms with Crippen LogP contribution in [0, 0.1) is 12.7 Å². The van der Waals surface area contributed by atoms with Gasteiger partial charge >= 0.3 is 0 Å². The second kappa shape index (κ2) is 5.36. The lowest BCUT2D eigenvalue weighted by Gasteiger charge is -2.05. The highest BCUT2D eigenvalue weighted by Gasteiger charge is 2.08. The van der Waals surface area contributed by atoms with Crippen LogP contribution in [0.15, 0.2) is 34.7 Å². The van der Waals surface area contributed by atoms with Gasteiger partial charge in [0.1, 0.15) is 17.3 Å². The van der Waals surface area contributed by atoms with Gasteiger partial charge in [0.15, 0.2) is 0 Å². The van der Waals surface area contributed by atoms with Crippen molar-refractivity contribution in [1.29, 1.82) is 0 Å². The fraction of sp³-hybridized carbons (Fsp3) is 0.333. The molecule has 3 heteroatoms. The van der Waals surface area contributed by atoms with E-state index in [0.717, 1.165) is 22.6 Å². The summed E-state index contributed by atoms with van der Waals surface area (Å²) < 4.78 is 18.8. The fourth-order valence-electron chi connectivity index (χ4n) is 1.83. The molecule has 0 aliphatic heterocycles. The Morgan fingerprint density at radius 1 is 1.22 bits per heavy atom. The van der Waals surface area contributed by atoms with Crippen LogP contribution >= 0.6 is 0 Å². The summed E-state index contributed by atoms with van der Waals surface area (Å²) in [4.78, 5) is 0. The van der Waals surface area contributed by atoms with Gasteiger partial charge in [-0.3, -0.25) is 0 Å². The van der Waals surface area contributed by atoms with Crippen LogP contribution < -0.4 is 5.32 Å². The number of nitrogens with one attached hydrogen (secondary N) is 1. The van der Waals surface area contributed by atoms with Gasteiger partial charge < -0.3 is 9.73 Å². The number of hydrogen-bond acceptors (Lipinski definition) is 2. The SMILES string of the molecule is Cc1cc(F)ccc1-c1ccc(CNC(C)C)o1. The van der Waals surface area contributed by atoms with Crippen LogP contribution in [0.25, 0.3) is 11.3 Å². The van der Waals surface area contributed by atoms with E-state index < -0.39 is 0 Å². The Labute approximate surface area is 107 Å². The van der Waals surface area contributed by atoms with Gasteiger partial charge in [-0.2, -0.15) is 0 Å². The maximum absolute atomic E-state index is 13.0. The van der Waals surface area contributed by atoms with E-state index in [1.54, 1.807) is 6.07 Å². The molecule has 0 aliphatic carbocycles. The lowest BCUT2D eigenvalue weighted by Crippen LogP contribution is -2.21. The van der Waals surface area contributed by atoms with Crippen molar-refractivity contribution in [3.8, 4) is 11.3 Å². The predicted molar refractivity (Wildman–Crippen MR) is 70.8 cm³/mol. The Hall–Kier alpha value is -1.61. The van der Waals surface area contributed by atoms with Crippen molar-refractivity contribution in [2.75, 3.05) is 0 Å². The standard InChI is InChI=1S/C15H18FNO/c1-10(2)17-9-13-5-7-15(18-13)14-6-4-12(16)8-11(14)3/h4-8,10,17H,9H2,1-3H3. The Kier molecular flexibility index (Phi) is 3.82. The first-order chi connectivity index (χ1) is 8.56. The first kappa shape index (κ1) is 12.8. The first-order valence-corrected chi connectivity index (χ1v) is 6.15. The zero-order valence-electron chi connectivity index (χ0n) is 11.0. The fourth-order valence-corrected chi connectivity index (χ4v) is 1.83. The van der Waals surface area contributed by atoms with Crippen molar-refractivity contribution < 1.29 is 8.81 Å². The highest BCUT2D eigenvalue weighted by atomic mass is 19.1. The molecule has 1 aromatic carbocycles. The van der Waals surface area contributed by atoms with Crippen molar-refractivity contribution in [3.63, 3.8) is 0 Å². The van der Waals surface area contributed by atoms with E-state index in [2.05, 4.69) is 19.2 Å². The first-order valence-electron chi connectivity index (χ1n) is 6.15. The molecule has 2 rings (SSSR count). The highest BCUT2D eigenvalue weighted by molar-refractivity contribution is 5.61. The molecule has 0 atom stereocenters. The van der Waals surface area contributed by atoms with Gasteiger partial charge in [-0.05, 0) is 42.8 Å². The van der Waals surface area contributed by atoms with E-state index in [4.69, 9.17) is 4.42 Å². The predicted octanol–water partition coefficient (Wildman–Crippen LogP) is 3.89. The molecule has 0 fully saturated rings. The van der Waals surface area contributed by atoms with Crippen LogP contribution in [0.5, 0.6) is 0 Å². The number of rotatable bonds is 4. The van der Waals surface area contributed by atoms with Crippen molar-refractivity contribution in [2.45, 2.75) is 33.4 Å². The molecule has 1 aromatic heterocycles. The molecule has 0 aliphatic rings. The maximum atomic E-state index is 13.0. The molecule has 2 aromatic rings. The van der Waals surface area contributed by atoms with E-state index in [-0.39, 0.29) is 5.82 Å². The molecule has 96 valence electrons. The van der Waals surface area contributed by atoms with Gasteiger partial charge in [0.05, 0.1) is 6.54 Å². The Balaban J connectivity index is 2.18. The Bertz CT molecular complexity index is 531. The minimum Gasteiger partial charge on any atom is -0.460 e. The summed E-state index contributed by atoms with van der Waals surface area (Å²) in [5.41, 5.74) is 1.82. The summed E-state index contributed by atoms with van der Waals surface area (Å²) >= 11 is 0. The minimum atomic E-state index is -0.218. The van der Waals surface area contributed by atoms with Crippen LogP contribution in [0.4, 0.5) is 4.39 Å². The minimum absolute atomic E-state index is 0.218. The summed E-state index contributed by atoms with van der Waals surface area (Å²) in [5, 5.41) is 3.30. The molecule has 1 heterocycles. The highest BCUT2D eigenvalue weighted by Crippen LogP contribution is 2.26. The number of furan rings is 1. The molecule has 18 heavy (non-hydrogen) atoms. The summed E-state index contributed by atoms with van der Waals surface area (Å²) in [7, 11) is 0. The third-order valence-corrected chi connectivity index (χ3v) is 2.80. The van der Waals surface area contributed by atoms with E-state index in [9.17, 15) is 4.39 Å². The Morgan fingerprint density at radius 3 is 2.67 bits per heavy atom. The summed E-state index contributed by atoms with van der Waals surface area (Å²) in [5.74, 6) is 1.46. The van der Waals surface area contributed by atoms with Crippen molar-refractivity contribution in [3.05, 3.63) is 47.5 Å². The average Bonchev–Trinajstić information content (AvgIpc) is 2.75. The van der Waals surface area contributed by atoms with Crippen molar-refractivity contribution in [1.82, 2.24) is 5.32 Å². The van der Waals surface area contributed by atoms with Gasteiger partial charge in [-0.15, -0.1) is 0 Å². The van der Waals surface area contributed by atoms with Crippen LogP contribution in [-0.4, -0.2) is 6.04 Å². The zero-order chi connectivity index (χ0) is 13.1. The van der Waals surface area contributed by atoms with Crippen LogP contribution in [0.2, 0.25) is 0 Å². The molecule has 2 nitrogen and oxygen atoms in total. The molecule has 1 N–H and O–H groups in total. The smallest absolute Gasteiger partial charge is 0.134 e. The third kappa shape index (κ3) is 2.99. The van der Waals surface area contributed by atoms with E-state index in [1.807, 2.05) is 19.1 Å². The molecular formula is C15H18FNO. The largest absolute Gasteiger partial charge is 0.460 e. The van der Waals surface area contributed by atoms with Gasteiger partial charge in [-0.1, -0.05) is 13.8 Å². The summed E-state index contributed by atoms with van der Waals surface area (Å²) in [6, 6.07) is 9.03. The molecule has 0 saturated carbocycles. The van der Waals surface area contributed by atoms with E-state index in [1.165, 1.54) is 12.1 Å². The van der Waals surface area contributed by atoms with Crippen LogP contribution in [0.1, 0.15) is 25.2 Å². The number of halogens is 1. The molecule has 0 spiro atoms. The third-order valence-electron chi connectivity index (χ3n) is 2.80. The maximum Gasteiger partial charge on any atom is 0.134 e. The van der Waals surface area contributed by atoms with Gasteiger partial charge in [0.25, 0.3) is 0 Å². The average molecular weight is 247 g/mol. The quantitative estimate of drug-likeness (QED) is 0.886. The number of aryl methyl sites for hydroxylation is 1. The van der Waals surface area contributed by atoms with Crippen molar-refractivity contribution in [2.24, 2.45) is 0 Å². The summed E-state index contributed by atoms with van der Waals surface area (Å²) in [6.45, 7) is 6.77. The Morgan fingerprint density at radius 2 is 2.00 bits per heavy atom. The molecule has 0 unspecified atom stereocenters. The van der Waals surface area contributed by atoms with Crippen LogP contribution in [-0.2, 0) is 6.54 Å². The molecule has 0 radical (unpaired) electrons. The second-order valence-corrected chi connectivity index (χ2v) is 4.76. The molecule has 0 saturated heterocycles. The molecule has 0 amide bonds. The van der Waals surface area contributed by atoms with E-state index >= 15 is 0 Å². The van der Waals surface area contributed by atoms with Crippen LogP contribution in [0.3, 0.4) is 0 Å².